The lowest BCUT2D eigenvalue weighted by Gasteiger charge is -2.06. The summed E-state index contributed by atoms with van der Waals surface area (Å²) >= 11 is 9.85. The minimum Gasteiger partial charge on any atom is -0.477 e. The van der Waals surface area contributed by atoms with Crippen molar-refractivity contribution in [1.82, 2.24) is 0 Å². The molecule has 0 aliphatic rings. The number of hydrogen-bond acceptors (Lipinski definition) is 4. The van der Waals surface area contributed by atoms with Crippen molar-refractivity contribution in [2.24, 2.45) is 0 Å². The SMILES string of the molecule is Cc1cc(NS(=O)(=O)c2ccc(Cl)c(Br)c2)sc1C(=O)O. The second-order valence-corrected chi connectivity index (χ2v) is 8.11. The number of thiophene rings is 1. The molecule has 0 aliphatic heterocycles. The van der Waals surface area contributed by atoms with Crippen LogP contribution in [0.4, 0.5) is 5.00 Å². The van der Waals surface area contributed by atoms with Gasteiger partial charge in [0.25, 0.3) is 10.0 Å². The Morgan fingerprint density at radius 1 is 1.38 bits per heavy atom. The topological polar surface area (TPSA) is 83.5 Å². The molecule has 0 bridgehead atoms. The Hall–Kier alpha value is -1.09. The largest absolute Gasteiger partial charge is 0.477 e. The fourth-order valence-corrected chi connectivity index (χ4v) is 4.45. The molecule has 2 rings (SSSR count). The fourth-order valence-electron chi connectivity index (χ4n) is 1.58. The van der Waals surface area contributed by atoms with Gasteiger partial charge in [-0.15, -0.1) is 11.3 Å². The van der Waals surface area contributed by atoms with Crippen molar-refractivity contribution in [2.45, 2.75) is 11.8 Å². The second-order valence-electron chi connectivity index (χ2n) is 4.11. The standard InChI is InChI=1S/C12H9BrClNO4S2/c1-6-4-10(20-11(6)12(16)17)15-21(18,19)7-2-3-9(14)8(13)5-7/h2-5,15H,1H3,(H,16,17). The third-order valence-electron chi connectivity index (χ3n) is 2.55. The fraction of sp³-hybridized carbons (Fsp3) is 0.0833. The van der Waals surface area contributed by atoms with Gasteiger partial charge in [0.2, 0.25) is 0 Å². The molecule has 1 aromatic carbocycles. The molecular formula is C12H9BrClNO4S2. The predicted molar refractivity (Wildman–Crippen MR) is 86.0 cm³/mol. The molecule has 0 spiro atoms. The predicted octanol–water partition coefficient (Wildman–Crippen LogP) is 3.97. The van der Waals surface area contributed by atoms with Gasteiger partial charge in [-0.1, -0.05) is 11.6 Å². The van der Waals surface area contributed by atoms with Crippen molar-refractivity contribution in [3.63, 3.8) is 0 Å². The minimum atomic E-state index is -3.80. The molecule has 0 aliphatic carbocycles. The Bertz CT molecular complexity index is 817. The Morgan fingerprint density at radius 2 is 2.05 bits per heavy atom. The van der Waals surface area contributed by atoms with E-state index in [-0.39, 0.29) is 14.8 Å². The number of carboxylic acids is 1. The molecule has 9 heteroatoms. The van der Waals surface area contributed by atoms with Gasteiger partial charge in [-0.2, -0.15) is 0 Å². The third-order valence-corrected chi connectivity index (χ3v) is 6.40. The number of carboxylic acid groups (broad SMARTS) is 1. The van der Waals surface area contributed by atoms with E-state index in [1.807, 2.05) is 0 Å². The highest BCUT2D eigenvalue weighted by Gasteiger charge is 2.19. The molecule has 0 saturated heterocycles. The molecule has 1 aromatic heterocycles. The molecule has 0 fully saturated rings. The van der Waals surface area contributed by atoms with Crippen LogP contribution in [0.25, 0.3) is 0 Å². The highest BCUT2D eigenvalue weighted by atomic mass is 79.9. The van der Waals surface area contributed by atoms with Crippen LogP contribution in [0.1, 0.15) is 15.2 Å². The zero-order chi connectivity index (χ0) is 15.8. The zero-order valence-corrected chi connectivity index (χ0v) is 14.5. The zero-order valence-electron chi connectivity index (χ0n) is 10.6. The van der Waals surface area contributed by atoms with Crippen LogP contribution >= 0.6 is 38.9 Å². The molecule has 2 N–H and O–H groups in total. The summed E-state index contributed by atoms with van der Waals surface area (Å²) in [7, 11) is -3.80. The van der Waals surface area contributed by atoms with E-state index in [4.69, 9.17) is 16.7 Å². The normalized spacial score (nSPS) is 11.4. The summed E-state index contributed by atoms with van der Waals surface area (Å²) in [5, 5.41) is 9.62. The Kier molecular flexibility index (Phi) is 4.62. The average molecular weight is 411 g/mol. The highest BCUT2D eigenvalue weighted by Crippen LogP contribution is 2.30. The van der Waals surface area contributed by atoms with Crippen LogP contribution in [0.5, 0.6) is 0 Å². The van der Waals surface area contributed by atoms with E-state index in [9.17, 15) is 13.2 Å². The number of anilines is 1. The van der Waals surface area contributed by atoms with Crippen LogP contribution < -0.4 is 4.72 Å². The Morgan fingerprint density at radius 3 is 2.57 bits per heavy atom. The molecule has 0 unspecified atom stereocenters. The van der Waals surface area contributed by atoms with Crippen molar-refractivity contribution in [1.29, 1.82) is 0 Å². The van der Waals surface area contributed by atoms with Crippen LogP contribution in [0, 0.1) is 6.92 Å². The molecule has 2 aromatic rings. The highest BCUT2D eigenvalue weighted by molar-refractivity contribution is 9.10. The van der Waals surface area contributed by atoms with E-state index >= 15 is 0 Å². The number of benzene rings is 1. The van der Waals surface area contributed by atoms with Crippen LogP contribution in [-0.4, -0.2) is 19.5 Å². The summed E-state index contributed by atoms with van der Waals surface area (Å²) in [5.41, 5.74) is 0.502. The summed E-state index contributed by atoms with van der Waals surface area (Å²) in [6, 6.07) is 5.69. The molecule has 1 heterocycles. The van der Waals surface area contributed by atoms with Crippen molar-refractivity contribution in [2.75, 3.05) is 4.72 Å². The first-order valence-corrected chi connectivity index (χ1v) is 8.99. The number of aryl methyl sites for hydroxylation is 1. The van der Waals surface area contributed by atoms with Crippen molar-refractivity contribution in [3.8, 4) is 0 Å². The van der Waals surface area contributed by atoms with E-state index in [2.05, 4.69) is 20.7 Å². The van der Waals surface area contributed by atoms with Crippen LogP contribution in [0.2, 0.25) is 5.02 Å². The molecular weight excluding hydrogens is 402 g/mol. The molecule has 5 nitrogen and oxygen atoms in total. The summed E-state index contributed by atoms with van der Waals surface area (Å²) in [4.78, 5) is 11.1. The van der Waals surface area contributed by atoms with E-state index in [0.29, 0.717) is 15.1 Å². The van der Waals surface area contributed by atoms with Crippen molar-refractivity contribution < 1.29 is 18.3 Å². The lowest BCUT2D eigenvalue weighted by Crippen LogP contribution is -2.12. The maximum Gasteiger partial charge on any atom is 0.346 e. The number of aromatic carboxylic acids is 1. The van der Waals surface area contributed by atoms with Gasteiger partial charge in [0.05, 0.1) is 9.92 Å². The van der Waals surface area contributed by atoms with Crippen molar-refractivity contribution in [3.05, 3.63) is 44.2 Å². The van der Waals surface area contributed by atoms with Gasteiger partial charge < -0.3 is 5.11 Å². The summed E-state index contributed by atoms with van der Waals surface area (Å²) in [6.45, 7) is 1.61. The van der Waals surface area contributed by atoms with Crippen LogP contribution in [0.15, 0.2) is 33.6 Å². The first-order valence-electron chi connectivity index (χ1n) is 5.52. The van der Waals surface area contributed by atoms with E-state index < -0.39 is 16.0 Å². The number of sulfonamides is 1. The quantitative estimate of drug-likeness (QED) is 0.799. The maximum atomic E-state index is 12.2. The van der Waals surface area contributed by atoms with Gasteiger partial charge in [0, 0.05) is 4.47 Å². The smallest absolute Gasteiger partial charge is 0.346 e. The number of rotatable bonds is 4. The van der Waals surface area contributed by atoms with Crippen LogP contribution in [-0.2, 0) is 10.0 Å². The molecule has 0 saturated carbocycles. The number of nitrogens with one attached hydrogen (secondary N) is 1. The monoisotopic (exact) mass is 409 g/mol. The lowest BCUT2D eigenvalue weighted by molar-refractivity contribution is 0.0701. The Balaban J connectivity index is 2.35. The minimum absolute atomic E-state index is 0.0294. The third kappa shape index (κ3) is 3.57. The molecule has 112 valence electrons. The number of halogens is 2. The first-order chi connectivity index (χ1) is 9.70. The Labute approximate surface area is 138 Å². The molecule has 21 heavy (non-hydrogen) atoms. The average Bonchev–Trinajstić information content (AvgIpc) is 2.72. The lowest BCUT2D eigenvalue weighted by atomic mass is 10.3. The number of carbonyl (C=O) groups is 1. The van der Waals surface area contributed by atoms with Gasteiger partial charge in [-0.05, 0) is 52.7 Å². The summed E-state index contributed by atoms with van der Waals surface area (Å²) in [5.74, 6) is -1.09. The van der Waals surface area contributed by atoms with Gasteiger partial charge in [0.1, 0.15) is 9.88 Å². The van der Waals surface area contributed by atoms with Gasteiger partial charge in [0.15, 0.2) is 0 Å². The summed E-state index contributed by atoms with van der Waals surface area (Å²) < 4.78 is 27.3. The van der Waals surface area contributed by atoms with E-state index in [1.54, 1.807) is 6.92 Å². The van der Waals surface area contributed by atoms with Crippen LogP contribution in [0.3, 0.4) is 0 Å². The molecule has 0 amide bonds. The van der Waals surface area contributed by atoms with Gasteiger partial charge in [-0.3, -0.25) is 4.72 Å². The summed E-state index contributed by atoms with van der Waals surface area (Å²) in [6.07, 6.45) is 0. The van der Waals surface area contributed by atoms with Gasteiger partial charge >= 0.3 is 5.97 Å². The second kappa shape index (κ2) is 5.96. The maximum absolute atomic E-state index is 12.2. The van der Waals surface area contributed by atoms with E-state index in [1.165, 1.54) is 24.3 Å². The van der Waals surface area contributed by atoms with Crippen molar-refractivity contribution >= 4 is 59.9 Å². The number of hydrogen-bond donors (Lipinski definition) is 2. The van der Waals surface area contributed by atoms with Gasteiger partial charge in [-0.25, -0.2) is 13.2 Å². The molecule has 0 radical (unpaired) electrons. The first kappa shape index (κ1) is 16.3. The van der Waals surface area contributed by atoms with E-state index in [0.717, 1.165) is 11.3 Å². The molecule has 0 atom stereocenters.